The number of hydrogen-bond donors (Lipinski definition) is 3. The molecule has 1 unspecified atom stereocenters. The number of hydrogen-bond acceptors (Lipinski definition) is 4. The summed E-state index contributed by atoms with van der Waals surface area (Å²) in [6, 6.07) is 12.5. The Hall–Kier alpha value is -3.22. The zero-order valence-corrected chi connectivity index (χ0v) is 16.8. The second-order valence-electron chi connectivity index (χ2n) is 7.14. The molecule has 4 rings (SSSR count). The van der Waals surface area contributed by atoms with Gasteiger partial charge in [0.25, 0.3) is 5.91 Å². The number of nitrogens with one attached hydrogen (secondary N) is 2. The van der Waals surface area contributed by atoms with Crippen LogP contribution in [0.15, 0.2) is 70.6 Å². The molecule has 0 fully saturated rings. The molecule has 1 aromatic heterocycles. The summed E-state index contributed by atoms with van der Waals surface area (Å²) >= 11 is 5.88. The first kappa shape index (κ1) is 20.1. The van der Waals surface area contributed by atoms with E-state index in [4.69, 9.17) is 11.6 Å². The molecular formula is C23H20ClN3O3. The number of carbonyl (C=O) groups is 1. The summed E-state index contributed by atoms with van der Waals surface area (Å²) in [6.07, 6.45) is 7.25. The lowest BCUT2D eigenvalue weighted by Gasteiger charge is -2.24. The standard InChI is InChI=1S/C23H20ClN3O3/c24-17-5-2-15(3-6-17)13-26-22(30)19-14-25-20-7-4-16(12-18(20)21(19)29)23(9-11-28)8-1-10-27-23/h1-8,10,12,14,28H,9,11,13H2,(H,25,29)(H,26,30). The molecule has 1 amide bonds. The number of aromatic nitrogens is 1. The van der Waals surface area contributed by atoms with Gasteiger partial charge in [-0.25, -0.2) is 0 Å². The van der Waals surface area contributed by atoms with Gasteiger partial charge in [0.05, 0.1) is 0 Å². The van der Waals surface area contributed by atoms with Gasteiger partial charge < -0.3 is 15.4 Å². The summed E-state index contributed by atoms with van der Waals surface area (Å²) in [7, 11) is 0. The number of amides is 1. The molecule has 1 aliphatic heterocycles. The fourth-order valence-electron chi connectivity index (χ4n) is 3.59. The van der Waals surface area contributed by atoms with Crippen LogP contribution in [0.4, 0.5) is 0 Å². The van der Waals surface area contributed by atoms with E-state index in [-0.39, 0.29) is 24.1 Å². The van der Waals surface area contributed by atoms with E-state index in [1.807, 2.05) is 30.4 Å². The molecule has 3 aromatic rings. The first-order valence-electron chi connectivity index (χ1n) is 9.55. The van der Waals surface area contributed by atoms with Crippen LogP contribution in [-0.2, 0) is 12.1 Å². The van der Waals surface area contributed by atoms with Gasteiger partial charge in [0.1, 0.15) is 11.1 Å². The second kappa shape index (κ2) is 8.26. The third-order valence-corrected chi connectivity index (χ3v) is 5.50. The minimum atomic E-state index is -0.692. The molecule has 0 aliphatic carbocycles. The molecule has 0 radical (unpaired) electrons. The van der Waals surface area contributed by atoms with Crippen molar-refractivity contribution in [2.75, 3.05) is 6.61 Å². The van der Waals surface area contributed by atoms with Gasteiger partial charge >= 0.3 is 0 Å². The maximum atomic E-state index is 13.1. The molecule has 1 aliphatic rings. The number of pyridine rings is 1. The van der Waals surface area contributed by atoms with Crippen molar-refractivity contribution in [2.45, 2.75) is 18.5 Å². The van der Waals surface area contributed by atoms with Crippen molar-refractivity contribution >= 4 is 34.6 Å². The van der Waals surface area contributed by atoms with Crippen molar-refractivity contribution in [3.05, 3.63) is 92.7 Å². The highest BCUT2D eigenvalue weighted by atomic mass is 35.5. The lowest BCUT2D eigenvalue weighted by Crippen LogP contribution is -2.28. The number of nitrogens with zero attached hydrogens (tertiary/aromatic N) is 1. The first-order chi connectivity index (χ1) is 14.5. The van der Waals surface area contributed by atoms with Crippen LogP contribution in [-0.4, -0.2) is 28.8 Å². The van der Waals surface area contributed by atoms with Crippen LogP contribution >= 0.6 is 11.6 Å². The van der Waals surface area contributed by atoms with Crippen molar-refractivity contribution in [3.63, 3.8) is 0 Å². The first-order valence-corrected chi connectivity index (χ1v) is 9.93. The lowest BCUT2D eigenvalue weighted by atomic mass is 9.87. The number of aliphatic hydroxyl groups excluding tert-OH is 1. The third kappa shape index (κ3) is 3.79. The second-order valence-corrected chi connectivity index (χ2v) is 7.57. The van der Waals surface area contributed by atoms with E-state index >= 15 is 0 Å². The van der Waals surface area contributed by atoms with Crippen LogP contribution in [0.1, 0.15) is 27.9 Å². The van der Waals surface area contributed by atoms with Gasteiger partial charge in [-0.3, -0.25) is 14.6 Å². The van der Waals surface area contributed by atoms with Gasteiger partial charge in [-0.1, -0.05) is 35.9 Å². The van der Waals surface area contributed by atoms with Crippen LogP contribution in [0.2, 0.25) is 5.02 Å². The van der Waals surface area contributed by atoms with Crippen molar-refractivity contribution in [2.24, 2.45) is 4.99 Å². The quantitative estimate of drug-likeness (QED) is 0.569. The predicted molar refractivity (Wildman–Crippen MR) is 118 cm³/mol. The number of aliphatic imine (C=N–C) groups is 1. The molecule has 0 saturated carbocycles. The fourth-order valence-corrected chi connectivity index (χ4v) is 3.72. The Kier molecular flexibility index (Phi) is 5.53. The predicted octanol–water partition coefficient (Wildman–Crippen LogP) is 3.33. The number of H-pyrrole nitrogens is 1. The van der Waals surface area contributed by atoms with E-state index in [1.54, 1.807) is 30.5 Å². The molecule has 1 atom stereocenters. The third-order valence-electron chi connectivity index (χ3n) is 5.25. The number of aromatic amines is 1. The summed E-state index contributed by atoms with van der Waals surface area (Å²) < 4.78 is 0. The van der Waals surface area contributed by atoms with Gasteiger partial charge in [-0.2, -0.15) is 0 Å². The van der Waals surface area contributed by atoms with Crippen molar-refractivity contribution in [1.82, 2.24) is 10.3 Å². The highest BCUT2D eigenvalue weighted by Gasteiger charge is 2.30. The largest absolute Gasteiger partial charge is 0.396 e. The number of rotatable bonds is 6. The normalized spacial score (nSPS) is 17.5. The molecule has 0 spiro atoms. The summed E-state index contributed by atoms with van der Waals surface area (Å²) in [5.74, 6) is -0.456. The van der Waals surface area contributed by atoms with E-state index in [2.05, 4.69) is 15.3 Å². The maximum absolute atomic E-state index is 13.1. The number of aliphatic hydroxyl groups is 1. The summed E-state index contributed by atoms with van der Waals surface area (Å²) in [6.45, 7) is 0.246. The Morgan fingerprint density at radius 1 is 1.20 bits per heavy atom. The SMILES string of the molecule is O=C(NCc1ccc(Cl)cc1)c1c[nH]c2ccc(C3(CCO)C=CC=N3)cc2c1=O. The van der Waals surface area contributed by atoms with Crippen LogP contribution in [0.5, 0.6) is 0 Å². The molecule has 152 valence electrons. The molecule has 6 nitrogen and oxygen atoms in total. The maximum Gasteiger partial charge on any atom is 0.257 e. The molecule has 2 aromatic carbocycles. The molecule has 3 N–H and O–H groups in total. The number of carbonyl (C=O) groups excluding carboxylic acids is 1. The Morgan fingerprint density at radius 2 is 2.00 bits per heavy atom. The average molecular weight is 422 g/mol. The van der Waals surface area contributed by atoms with Crippen LogP contribution in [0.3, 0.4) is 0 Å². The number of benzene rings is 2. The molecule has 0 bridgehead atoms. The van der Waals surface area contributed by atoms with Gasteiger partial charge in [0.2, 0.25) is 5.43 Å². The monoisotopic (exact) mass is 421 g/mol. The lowest BCUT2D eigenvalue weighted by molar-refractivity contribution is 0.0949. The Balaban J connectivity index is 1.65. The molecule has 2 heterocycles. The van der Waals surface area contributed by atoms with Crippen molar-refractivity contribution in [1.29, 1.82) is 0 Å². The summed E-state index contributed by atoms with van der Waals surface area (Å²) in [5, 5.41) is 13.3. The Morgan fingerprint density at radius 3 is 2.70 bits per heavy atom. The van der Waals surface area contributed by atoms with Crippen molar-refractivity contribution in [3.8, 4) is 0 Å². The van der Waals surface area contributed by atoms with Gasteiger partial charge in [-0.05, 0) is 41.5 Å². The number of fused-ring (bicyclic) bond motifs is 1. The van der Waals surface area contributed by atoms with Crippen molar-refractivity contribution < 1.29 is 9.90 Å². The zero-order valence-electron chi connectivity index (χ0n) is 16.1. The van der Waals surface area contributed by atoms with Crippen LogP contribution in [0.25, 0.3) is 10.9 Å². The van der Waals surface area contributed by atoms with Crippen LogP contribution in [0, 0.1) is 0 Å². The zero-order chi connectivity index (χ0) is 21.1. The van der Waals surface area contributed by atoms with Gasteiger partial charge in [0, 0.05) is 47.9 Å². The van der Waals surface area contributed by atoms with E-state index in [0.29, 0.717) is 22.3 Å². The Bertz CT molecular complexity index is 1200. The summed E-state index contributed by atoms with van der Waals surface area (Å²) in [4.78, 5) is 33.2. The van der Waals surface area contributed by atoms with E-state index < -0.39 is 11.4 Å². The highest BCUT2D eigenvalue weighted by Crippen LogP contribution is 2.34. The van der Waals surface area contributed by atoms with Crippen LogP contribution < -0.4 is 10.7 Å². The fraction of sp³-hybridized carbons (Fsp3) is 0.174. The minimum Gasteiger partial charge on any atom is -0.396 e. The molecule has 7 heteroatoms. The minimum absolute atomic E-state index is 0.0373. The highest BCUT2D eigenvalue weighted by molar-refractivity contribution is 6.30. The van der Waals surface area contributed by atoms with E-state index in [9.17, 15) is 14.7 Å². The molecule has 30 heavy (non-hydrogen) atoms. The summed E-state index contributed by atoms with van der Waals surface area (Å²) in [5.41, 5.74) is 1.28. The number of allylic oxidation sites excluding steroid dienone is 1. The smallest absolute Gasteiger partial charge is 0.257 e. The van der Waals surface area contributed by atoms with Gasteiger partial charge in [-0.15, -0.1) is 0 Å². The van der Waals surface area contributed by atoms with E-state index in [0.717, 1.165) is 11.1 Å². The topological polar surface area (TPSA) is 94.6 Å². The van der Waals surface area contributed by atoms with Gasteiger partial charge in [0.15, 0.2) is 0 Å². The molecular weight excluding hydrogens is 402 g/mol. The Labute approximate surface area is 177 Å². The average Bonchev–Trinajstić information content (AvgIpc) is 3.23. The molecule has 0 saturated heterocycles. The number of halogens is 1. The van der Waals surface area contributed by atoms with E-state index in [1.165, 1.54) is 6.20 Å².